The van der Waals surface area contributed by atoms with E-state index in [4.69, 9.17) is 4.74 Å². The zero-order chi connectivity index (χ0) is 20.3. The Morgan fingerprint density at radius 3 is 2.23 bits per heavy atom. The summed E-state index contributed by atoms with van der Waals surface area (Å²) in [6.07, 6.45) is -1.35. The van der Waals surface area contributed by atoms with Crippen LogP contribution < -0.4 is 0 Å². The zero-order valence-electron chi connectivity index (χ0n) is 15.0. The predicted octanol–water partition coefficient (Wildman–Crippen LogP) is 2.08. The molecule has 0 fully saturated rings. The van der Waals surface area contributed by atoms with E-state index in [2.05, 4.69) is 4.74 Å². The molecule has 0 saturated carbocycles. The quantitative estimate of drug-likeness (QED) is 0.425. The van der Waals surface area contributed by atoms with Crippen molar-refractivity contribution in [1.29, 1.82) is 0 Å². The standard InChI is InChI=1S/C15H20N2O8S/c1-10(13(18)24-5)16(14(19)25-15(2,3)4)26(22,23)12-9-7-6-8-11(12)17(20)21/h6-10H,1-5H3. The molecule has 0 saturated heterocycles. The number of methoxy groups -OCH3 is 1. The molecule has 0 aliphatic carbocycles. The van der Waals surface area contributed by atoms with Gasteiger partial charge in [0, 0.05) is 6.07 Å². The summed E-state index contributed by atoms with van der Waals surface area (Å²) < 4.78 is 35.6. The van der Waals surface area contributed by atoms with Crippen LogP contribution in [0.2, 0.25) is 0 Å². The van der Waals surface area contributed by atoms with E-state index in [1.54, 1.807) is 0 Å². The molecule has 0 heterocycles. The number of carbonyl (C=O) groups excluding carboxylic acids is 2. The van der Waals surface area contributed by atoms with E-state index >= 15 is 0 Å². The van der Waals surface area contributed by atoms with Crippen LogP contribution >= 0.6 is 0 Å². The van der Waals surface area contributed by atoms with E-state index < -0.39 is 49.2 Å². The number of esters is 1. The second-order valence-electron chi connectivity index (χ2n) is 6.21. The van der Waals surface area contributed by atoms with Crippen molar-refractivity contribution in [3.8, 4) is 0 Å². The van der Waals surface area contributed by atoms with Gasteiger partial charge in [0.25, 0.3) is 15.7 Å². The number of nitrogens with zero attached hydrogens (tertiary/aromatic N) is 2. The highest BCUT2D eigenvalue weighted by Crippen LogP contribution is 2.29. The molecule has 11 heteroatoms. The van der Waals surface area contributed by atoms with Crippen molar-refractivity contribution in [3.63, 3.8) is 0 Å². The molecule has 10 nitrogen and oxygen atoms in total. The fraction of sp³-hybridized carbons (Fsp3) is 0.467. The SMILES string of the molecule is COC(=O)C(C)N(C(=O)OC(C)(C)C)S(=O)(=O)c1ccccc1[N+](=O)[O-]. The van der Waals surface area contributed by atoms with Gasteiger partial charge in [0.2, 0.25) is 0 Å². The second kappa shape index (κ2) is 7.68. The minimum Gasteiger partial charge on any atom is -0.467 e. The van der Waals surface area contributed by atoms with Crippen LogP contribution in [-0.2, 0) is 24.3 Å². The van der Waals surface area contributed by atoms with Crippen molar-refractivity contribution >= 4 is 27.8 Å². The Balaban J connectivity index is 3.58. The van der Waals surface area contributed by atoms with E-state index in [0.717, 1.165) is 26.2 Å². The number of sulfonamides is 1. The number of hydrogen-bond donors (Lipinski definition) is 0. The summed E-state index contributed by atoms with van der Waals surface area (Å²) in [7, 11) is -3.77. The normalized spacial score (nSPS) is 12.8. The van der Waals surface area contributed by atoms with Crippen molar-refractivity contribution in [2.75, 3.05) is 7.11 Å². The first-order chi connectivity index (χ1) is 11.8. The van der Waals surface area contributed by atoms with Crippen molar-refractivity contribution in [2.45, 2.75) is 44.2 Å². The van der Waals surface area contributed by atoms with Crippen molar-refractivity contribution in [2.24, 2.45) is 0 Å². The van der Waals surface area contributed by atoms with Gasteiger partial charge in [0.15, 0.2) is 4.90 Å². The number of benzene rings is 1. The van der Waals surface area contributed by atoms with Gasteiger partial charge in [-0.2, -0.15) is 4.31 Å². The summed E-state index contributed by atoms with van der Waals surface area (Å²) in [6.45, 7) is 5.62. The topological polar surface area (TPSA) is 133 Å². The van der Waals surface area contributed by atoms with Crippen molar-refractivity contribution in [1.82, 2.24) is 4.31 Å². The van der Waals surface area contributed by atoms with E-state index in [1.807, 2.05) is 0 Å². The number of para-hydroxylation sites is 1. The Morgan fingerprint density at radius 1 is 1.23 bits per heavy atom. The van der Waals surface area contributed by atoms with E-state index in [1.165, 1.54) is 32.9 Å². The summed E-state index contributed by atoms with van der Waals surface area (Å²) >= 11 is 0. The van der Waals surface area contributed by atoms with Gasteiger partial charge in [0.05, 0.1) is 12.0 Å². The van der Waals surface area contributed by atoms with Crippen molar-refractivity contribution < 1.29 is 32.4 Å². The summed E-state index contributed by atoms with van der Waals surface area (Å²) in [5, 5.41) is 11.2. The lowest BCUT2D eigenvalue weighted by atomic mass is 10.2. The Hall–Kier alpha value is -2.69. The fourth-order valence-corrected chi connectivity index (χ4v) is 3.57. The Morgan fingerprint density at radius 2 is 1.77 bits per heavy atom. The minimum absolute atomic E-state index is 0.145. The maximum atomic E-state index is 13.0. The van der Waals surface area contributed by atoms with Gasteiger partial charge in [0.1, 0.15) is 11.6 Å². The number of nitro groups is 1. The van der Waals surface area contributed by atoms with Crippen LogP contribution in [0.5, 0.6) is 0 Å². The Kier molecular flexibility index (Phi) is 6.31. The average molecular weight is 388 g/mol. The van der Waals surface area contributed by atoms with Gasteiger partial charge in [-0.1, -0.05) is 12.1 Å². The van der Waals surface area contributed by atoms with Crippen LogP contribution in [0.3, 0.4) is 0 Å². The highest BCUT2D eigenvalue weighted by atomic mass is 32.2. The summed E-state index contributed by atoms with van der Waals surface area (Å²) in [4.78, 5) is 33.8. The molecule has 1 atom stereocenters. The van der Waals surface area contributed by atoms with E-state index in [0.29, 0.717) is 0 Å². The molecule has 0 N–H and O–H groups in total. The lowest BCUT2D eigenvalue weighted by Gasteiger charge is -2.29. The predicted molar refractivity (Wildman–Crippen MR) is 89.8 cm³/mol. The van der Waals surface area contributed by atoms with E-state index in [9.17, 15) is 28.1 Å². The molecule has 144 valence electrons. The van der Waals surface area contributed by atoms with Crippen LogP contribution in [0, 0.1) is 10.1 Å². The lowest BCUT2D eigenvalue weighted by molar-refractivity contribution is -0.387. The molecule has 0 aliphatic heterocycles. The third kappa shape index (κ3) is 4.69. The van der Waals surface area contributed by atoms with Gasteiger partial charge < -0.3 is 9.47 Å². The monoisotopic (exact) mass is 388 g/mol. The maximum absolute atomic E-state index is 13.0. The molecule has 26 heavy (non-hydrogen) atoms. The summed E-state index contributed by atoms with van der Waals surface area (Å²) in [6, 6.07) is 2.88. The molecule has 0 aliphatic rings. The molecule has 1 aromatic carbocycles. The van der Waals surface area contributed by atoms with Crippen LogP contribution in [0.4, 0.5) is 10.5 Å². The first kappa shape index (κ1) is 21.4. The second-order valence-corrected chi connectivity index (χ2v) is 7.99. The zero-order valence-corrected chi connectivity index (χ0v) is 15.8. The highest BCUT2D eigenvalue weighted by Gasteiger charge is 2.43. The van der Waals surface area contributed by atoms with Gasteiger partial charge in [-0.15, -0.1) is 0 Å². The molecule has 0 aromatic heterocycles. The molecule has 1 rings (SSSR count). The van der Waals surface area contributed by atoms with Gasteiger partial charge in [-0.25, -0.2) is 18.0 Å². The number of nitro benzene ring substituents is 1. The minimum atomic E-state index is -4.79. The van der Waals surface area contributed by atoms with Gasteiger partial charge in [-0.05, 0) is 33.8 Å². The lowest BCUT2D eigenvalue weighted by Crippen LogP contribution is -2.49. The molecule has 1 aromatic rings. The van der Waals surface area contributed by atoms with Crippen LogP contribution in [0.25, 0.3) is 0 Å². The maximum Gasteiger partial charge on any atom is 0.425 e. The molecule has 0 spiro atoms. The summed E-state index contributed by atoms with van der Waals surface area (Å²) in [5.41, 5.74) is -1.80. The molecule has 1 amide bonds. The van der Waals surface area contributed by atoms with Gasteiger partial charge >= 0.3 is 12.1 Å². The Bertz CT molecular complexity index is 813. The first-order valence-electron chi connectivity index (χ1n) is 7.41. The Labute approximate surface area is 150 Å². The highest BCUT2D eigenvalue weighted by molar-refractivity contribution is 7.89. The number of hydrogen-bond acceptors (Lipinski definition) is 8. The first-order valence-corrected chi connectivity index (χ1v) is 8.85. The van der Waals surface area contributed by atoms with Crippen LogP contribution in [0.15, 0.2) is 29.2 Å². The van der Waals surface area contributed by atoms with Crippen molar-refractivity contribution in [3.05, 3.63) is 34.4 Å². The van der Waals surface area contributed by atoms with Crippen LogP contribution in [-0.4, -0.2) is 48.5 Å². The molecule has 1 unspecified atom stereocenters. The van der Waals surface area contributed by atoms with E-state index in [-0.39, 0.29) is 4.31 Å². The average Bonchev–Trinajstić information content (AvgIpc) is 2.51. The third-order valence-corrected chi connectivity index (χ3v) is 4.95. The third-order valence-electron chi connectivity index (χ3n) is 3.07. The fourth-order valence-electron chi connectivity index (χ4n) is 1.97. The molecular formula is C15H20N2O8S. The number of amides is 1. The summed E-state index contributed by atoms with van der Waals surface area (Å²) in [5.74, 6) is -1.03. The molecule has 0 radical (unpaired) electrons. The molecular weight excluding hydrogens is 368 g/mol. The number of carbonyl (C=O) groups is 2. The largest absolute Gasteiger partial charge is 0.467 e. The van der Waals surface area contributed by atoms with Gasteiger partial charge in [-0.3, -0.25) is 10.1 Å². The van der Waals surface area contributed by atoms with Crippen LogP contribution in [0.1, 0.15) is 27.7 Å². The number of rotatable bonds is 5. The molecule has 0 bridgehead atoms. The smallest absolute Gasteiger partial charge is 0.425 e. The number of ether oxygens (including phenoxy) is 2.